The Balaban J connectivity index is 1.47. The van der Waals surface area contributed by atoms with Crippen molar-refractivity contribution in [1.82, 2.24) is 4.98 Å². The van der Waals surface area contributed by atoms with Crippen LogP contribution < -0.4 is 5.32 Å². The molecule has 4 heteroatoms. The zero-order valence-corrected chi connectivity index (χ0v) is 14.4. The van der Waals surface area contributed by atoms with Crippen molar-refractivity contribution in [3.05, 3.63) is 35.5 Å². The average Bonchev–Trinajstić information content (AvgIpc) is 2.53. The van der Waals surface area contributed by atoms with Crippen molar-refractivity contribution in [1.29, 1.82) is 0 Å². The fourth-order valence-electron chi connectivity index (χ4n) is 5.88. The molecular weight excluding hydrogens is 320 g/mol. The van der Waals surface area contributed by atoms with Gasteiger partial charge in [-0.15, -0.1) is 0 Å². The molecule has 1 heterocycles. The number of hydrogen-bond acceptors (Lipinski definition) is 2. The molecule has 0 saturated heterocycles. The van der Waals surface area contributed by atoms with Gasteiger partial charge in [0.15, 0.2) is 0 Å². The number of benzene rings is 1. The number of pyridine rings is 1. The summed E-state index contributed by atoms with van der Waals surface area (Å²) in [6.45, 7) is 0. The molecule has 1 N–H and O–H groups in total. The summed E-state index contributed by atoms with van der Waals surface area (Å²) in [5, 5.41) is 4.68. The molecule has 4 saturated carbocycles. The summed E-state index contributed by atoms with van der Waals surface area (Å²) in [6.07, 6.45) is 7.30. The normalized spacial score (nSPS) is 33.8. The number of carbonyl (C=O) groups excluding carboxylic acids is 1. The molecule has 4 fully saturated rings. The number of rotatable bonds is 2. The molecule has 0 atom stereocenters. The van der Waals surface area contributed by atoms with Crippen LogP contribution in [-0.4, -0.2) is 10.9 Å². The van der Waals surface area contributed by atoms with Gasteiger partial charge >= 0.3 is 0 Å². The molecule has 0 aliphatic heterocycles. The maximum atomic E-state index is 13.2. The van der Waals surface area contributed by atoms with Crippen molar-refractivity contribution >= 4 is 34.1 Å². The van der Waals surface area contributed by atoms with Gasteiger partial charge in [-0.1, -0.05) is 17.7 Å². The zero-order chi connectivity index (χ0) is 16.3. The molecule has 6 rings (SSSR count). The average molecular weight is 341 g/mol. The summed E-state index contributed by atoms with van der Waals surface area (Å²) in [4.78, 5) is 17.6. The number of aromatic nitrogens is 1. The van der Waals surface area contributed by atoms with Gasteiger partial charge in [0.25, 0.3) is 0 Å². The Kier molecular flexibility index (Phi) is 3.18. The Morgan fingerprint density at radius 3 is 2.38 bits per heavy atom. The van der Waals surface area contributed by atoms with Crippen LogP contribution in [0.5, 0.6) is 0 Å². The van der Waals surface area contributed by atoms with Crippen molar-refractivity contribution in [2.24, 2.45) is 23.2 Å². The highest BCUT2D eigenvalue weighted by Crippen LogP contribution is 2.60. The minimum absolute atomic E-state index is 0.128. The number of carbonyl (C=O) groups is 1. The Morgan fingerprint density at radius 1 is 1.04 bits per heavy atom. The molecule has 0 unspecified atom stereocenters. The van der Waals surface area contributed by atoms with Crippen molar-refractivity contribution in [2.75, 3.05) is 5.32 Å². The van der Waals surface area contributed by atoms with Crippen LogP contribution in [0.15, 0.2) is 30.3 Å². The topological polar surface area (TPSA) is 42.0 Å². The summed E-state index contributed by atoms with van der Waals surface area (Å²) in [6, 6.07) is 9.56. The summed E-state index contributed by atoms with van der Waals surface area (Å²) in [5.74, 6) is 2.55. The molecule has 1 aromatic heterocycles. The lowest BCUT2D eigenvalue weighted by Crippen LogP contribution is -2.51. The Bertz CT molecular complexity index is 796. The summed E-state index contributed by atoms with van der Waals surface area (Å²) >= 11 is 5.99. The number of halogens is 1. The first kappa shape index (κ1) is 14.7. The van der Waals surface area contributed by atoms with Gasteiger partial charge in [0.2, 0.25) is 5.91 Å². The second-order valence-electron chi connectivity index (χ2n) is 8.16. The summed E-state index contributed by atoms with van der Waals surface area (Å²) in [7, 11) is 0. The molecular formula is C20H21ClN2O. The molecule has 1 aromatic carbocycles. The van der Waals surface area contributed by atoms with Crippen molar-refractivity contribution < 1.29 is 4.79 Å². The molecule has 3 nitrogen and oxygen atoms in total. The van der Waals surface area contributed by atoms with Gasteiger partial charge in [0, 0.05) is 5.39 Å². The number of nitrogens with zero attached hydrogens (tertiary/aromatic N) is 1. The van der Waals surface area contributed by atoms with Crippen LogP contribution in [0.25, 0.3) is 10.9 Å². The number of fused-ring (bicyclic) bond motifs is 1. The SMILES string of the molecule is O=C(Nc1cccc2nc(Cl)ccc12)C12CC3CC(CC(C3)C1)C2. The van der Waals surface area contributed by atoms with Gasteiger partial charge in [0.05, 0.1) is 16.6 Å². The van der Waals surface area contributed by atoms with E-state index in [4.69, 9.17) is 11.6 Å². The summed E-state index contributed by atoms with van der Waals surface area (Å²) < 4.78 is 0. The van der Waals surface area contributed by atoms with Crippen molar-refractivity contribution in [3.8, 4) is 0 Å². The number of anilines is 1. The molecule has 1 amide bonds. The minimum Gasteiger partial charge on any atom is -0.325 e. The third kappa shape index (κ3) is 2.25. The van der Waals surface area contributed by atoms with Gasteiger partial charge in [-0.2, -0.15) is 0 Å². The van der Waals surface area contributed by atoms with E-state index in [1.165, 1.54) is 19.3 Å². The standard InChI is InChI=1S/C20H21ClN2O/c21-18-5-4-15-16(22-18)2-1-3-17(15)23-19(24)20-9-12-6-13(10-20)8-14(7-12)11-20/h1-5,12-14H,6-11H2,(H,23,24). The lowest BCUT2D eigenvalue weighted by atomic mass is 9.49. The molecule has 0 spiro atoms. The van der Waals surface area contributed by atoms with Crippen molar-refractivity contribution in [2.45, 2.75) is 38.5 Å². The Morgan fingerprint density at radius 2 is 1.71 bits per heavy atom. The van der Waals surface area contributed by atoms with E-state index in [1.807, 2.05) is 24.3 Å². The first-order chi connectivity index (χ1) is 11.6. The van der Waals surface area contributed by atoms with E-state index in [9.17, 15) is 4.79 Å². The lowest BCUT2D eigenvalue weighted by molar-refractivity contribution is -0.140. The van der Waals surface area contributed by atoms with E-state index in [0.29, 0.717) is 5.15 Å². The van der Waals surface area contributed by atoms with E-state index in [2.05, 4.69) is 10.3 Å². The van der Waals surface area contributed by atoms with E-state index in [0.717, 1.165) is 53.6 Å². The highest BCUT2D eigenvalue weighted by atomic mass is 35.5. The largest absolute Gasteiger partial charge is 0.325 e. The molecule has 4 aliphatic rings. The van der Waals surface area contributed by atoms with E-state index >= 15 is 0 Å². The van der Waals surface area contributed by atoms with Crippen LogP contribution in [0, 0.1) is 23.2 Å². The zero-order valence-electron chi connectivity index (χ0n) is 13.6. The third-order valence-corrected chi connectivity index (χ3v) is 6.68. The van der Waals surface area contributed by atoms with Gasteiger partial charge in [-0.05, 0) is 80.5 Å². The fourth-order valence-corrected chi connectivity index (χ4v) is 6.04. The van der Waals surface area contributed by atoms with Crippen LogP contribution >= 0.6 is 11.6 Å². The highest BCUT2D eigenvalue weighted by molar-refractivity contribution is 6.29. The predicted molar refractivity (Wildman–Crippen MR) is 96.0 cm³/mol. The molecule has 124 valence electrons. The number of amides is 1. The van der Waals surface area contributed by atoms with Gasteiger partial charge < -0.3 is 5.32 Å². The second-order valence-corrected chi connectivity index (χ2v) is 8.55. The minimum atomic E-state index is -0.128. The monoisotopic (exact) mass is 340 g/mol. The van der Waals surface area contributed by atoms with Crippen LogP contribution in [0.2, 0.25) is 5.15 Å². The van der Waals surface area contributed by atoms with Crippen LogP contribution in [0.1, 0.15) is 38.5 Å². The van der Waals surface area contributed by atoms with Gasteiger partial charge in [-0.3, -0.25) is 4.79 Å². The number of nitrogens with one attached hydrogen (secondary N) is 1. The van der Waals surface area contributed by atoms with E-state index in [-0.39, 0.29) is 11.3 Å². The predicted octanol–water partition coefficient (Wildman–Crippen LogP) is 5.04. The van der Waals surface area contributed by atoms with Crippen LogP contribution in [-0.2, 0) is 4.79 Å². The first-order valence-electron chi connectivity index (χ1n) is 8.98. The fraction of sp³-hybridized carbons (Fsp3) is 0.500. The maximum Gasteiger partial charge on any atom is 0.230 e. The Labute approximate surface area is 146 Å². The van der Waals surface area contributed by atoms with E-state index in [1.54, 1.807) is 6.07 Å². The van der Waals surface area contributed by atoms with E-state index < -0.39 is 0 Å². The molecule has 2 aromatic rings. The smallest absolute Gasteiger partial charge is 0.230 e. The van der Waals surface area contributed by atoms with Crippen molar-refractivity contribution in [3.63, 3.8) is 0 Å². The molecule has 24 heavy (non-hydrogen) atoms. The lowest BCUT2D eigenvalue weighted by Gasteiger charge is -2.55. The summed E-state index contributed by atoms with van der Waals surface area (Å²) in [5.41, 5.74) is 1.56. The number of hydrogen-bond donors (Lipinski definition) is 1. The highest BCUT2D eigenvalue weighted by Gasteiger charge is 2.54. The third-order valence-electron chi connectivity index (χ3n) is 6.47. The van der Waals surface area contributed by atoms with Gasteiger partial charge in [-0.25, -0.2) is 4.98 Å². The quantitative estimate of drug-likeness (QED) is 0.778. The van der Waals surface area contributed by atoms with Crippen LogP contribution in [0.4, 0.5) is 5.69 Å². The maximum absolute atomic E-state index is 13.2. The van der Waals surface area contributed by atoms with Gasteiger partial charge in [0.1, 0.15) is 5.15 Å². The second kappa shape index (κ2) is 5.19. The molecule has 4 aliphatic carbocycles. The van der Waals surface area contributed by atoms with Crippen LogP contribution in [0.3, 0.4) is 0 Å². The molecule has 0 radical (unpaired) electrons. The first-order valence-corrected chi connectivity index (χ1v) is 9.36. The molecule has 4 bridgehead atoms. The Hall–Kier alpha value is -1.61.